The van der Waals surface area contributed by atoms with Crippen LogP contribution in [0.2, 0.25) is 0 Å². The van der Waals surface area contributed by atoms with Crippen LogP contribution in [-0.2, 0) is 11.2 Å². The molecule has 1 aliphatic carbocycles. The standard InChI is InChI=1S/C15H18BrFO/c1-10-2-4-11(5-3-10)15(18)8-12-6-7-13(17)9-14(12)16/h6-7,9-11H,2-5,8H2,1H3. The summed E-state index contributed by atoms with van der Waals surface area (Å²) in [7, 11) is 0. The maximum absolute atomic E-state index is 13.0. The van der Waals surface area contributed by atoms with Crippen LogP contribution in [0.5, 0.6) is 0 Å². The monoisotopic (exact) mass is 312 g/mol. The van der Waals surface area contributed by atoms with Crippen LogP contribution in [0, 0.1) is 17.7 Å². The summed E-state index contributed by atoms with van der Waals surface area (Å²) in [5.41, 5.74) is 0.889. The SMILES string of the molecule is CC1CCC(C(=O)Cc2ccc(F)cc2Br)CC1. The minimum atomic E-state index is -0.274. The topological polar surface area (TPSA) is 17.1 Å². The first-order valence-corrected chi connectivity index (χ1v) is 7.32. The minimum absolute atomic E-state index is 0.207. The number of hydrogen-bond acceptors (Lipinski definition) is 1. The Bertz CT molecular complexity index is 436. The zero-order valence-corrected chi connectivity index (χ0v) is 12.2. The van der Waals surface area contributed by atoms with Crippen molar-refractivity contribution < 1.29 is 9.18 Å². The average Bonchev–Trinajstić information content (AvgIpc) is 2.33. The number of rotatable bonds is 3. The van der Waals surface area contributed by atoms with Crippen LogP contribution >= 0.6 is 15.9 Å². The Balaban J connectivity index is 1.98. The lowest BCUT2D eigenvalue weighted by atomic mass is 9.80. The number of Topliss-reactive ketones (excluding diaryl/α,β-unsaturated/α-hetero) is 1. The molecule has 0 bridgehead atoms. The van der Waals surface area contributed by atoms with E-state index in [1.54, 1.807) is 6.07 Å². The Labute approximate surface area is 116 Å². The normalized spacial score (nSPS) is 23.9. The first-order chi connectivity index (χ1) is 8.56. The van der Waals surface area contributed by atoms with Gasteiger partial charge in [-0.15, -0.1) is 0 Å². The first-order valence-electron chi connectivity index (χ1n) is 6.53. The van der Waals surface area contributed by atoms with E-state index in [0.717, 1.165) is 37.2 Å². The van der Waals surface area contributed by atoms with E-state index < -0.39 is 0 Å². The van der Waals surface area contributed by atoms with Crippen LogP contribution in [-0.4, -0.2) is 5.78 Å². The largest absolute Gasteiger partial charge is 0.299 e. The van der Waals surface area contributed by atoms with Gasteiger partial charge in [-0.2, -0.15) is 0 Å². The van der Waals surface area contributed by atoms with Crippen molar-refractivity contribution in [2.75, 3.05) is 0 Å². The van der Waals surface area contributed by atoms with Crippen LogP contribution < -0.4 is 0 Å². The number of benzene rings is 1. The number of ketones is 1. The van der Waals surface area contributed by atoms with Crippen LogP contribution in [0.15, 0.2) is 22.7 Å². The van der Waals surface area contributed by atoms with Crippen LogP contribution in [0.25, 0.3) is 0 Å². The Kier molecular flexibility index (Phi) is 4.55. The summed E-state index contributed by atoms with van der Waals surface area (Å²) < 4.78 is 13.7. The fourth-order valence-corrected chi connectivity index (χ4v) is 3.07. The summed E-state index contributed by atoms with van der Waals surface area (Å²) in [6.45, 7) is 2.25. The van der Waals surface area contributed by atoms with Gasteiger partial charge in [0.15, 0.2) is 0 Å². The molecule has 1 aromatic carbocycles. The van der Waals surface area contributed by atoms with Crippen molar-refractivity contribution >= 4 is 21.7 Å². The molecule has 0 aliphatic heterocycles. The van der Waals surface area contributed by atoms with Crippen molar-refractivity contribution in [1.29, 1.82) is 0 Å². The van der Waals surface area contributed by atoms with E-state index in [2.05, 4.69) is 22.9 Å². The molecule has 0 spiro atoms. The van der Waals surface area contributed by atoms with E-state index in [9.17, 15) is 9.18 Å². The lowest BCUT2D eigenvalue weighted by Crippen LogP contribution is -2.22. The van der Waals surface area contributed by atoms with Gasteiger partial charge in [0.1, 0.15) is 11.6 Å². The molecule has 0 radical (unpaired) electrons. The quantitative estimate of drug-likeness (QED) is 0.801. The maximum atomic E-state index is 13.0. The van der Waals surface area contributed by atoms with Gasteiger partial charge in [-0.1, -0.05) is 41.8 Å². The molecule has 1 nitrogen and oxygen atoms in total. The summed E-state index contributed by atoms with van der Waals surface area (Å²) >= 11 is 3.32. The second-order valence-corrected chi connectivity index (χ2v) is 6.19. The lowest BCUT2D eigenvalue weighted by Gasteiger charge is -2.25. The first kappa shape index (κ1) is 13.7. The van der Waals surface area contributed by atoms with E-state index in [0.29, 0.717) is 16.7 Å². The van der Waals surface area contributed by atoms with Gasteiger partial charge in [-0.25, -0.2) is 4.39 Å². The van der Waals surface area contributed by atoms with Crippen molar-refractivity contribution in [2.24, 2.45) is 11.8 Å². The highest BCUT2D eigenvalue weighted by atomic mass is 79.9. The van der Waals surface area contributed by atoms with Gasteiger partial charge in [0, 0.05) is 16.8 Å². The average molecular weight is 313 g/mol. The van der Waals surface area contributed by atoms with Crippen molar-refractivity contribution in [2.45, 2.75) is 39.0 Å². The molecule has 0 unspecified atom stereocenters. The third-order valence-electron chi connectivity index (χ3n) is 3.85. The predicted octanol–water partition coefficient (Wildman–Crippen LogP) is 4.53. The van der Waals surface area contributed by atoms with E-state index in [1.165, 1.54) is 12.1 Å². The molecule has 0 N–H and O–H groups in total. The van der Waals surface area contributed by atoms with Crippen molar-refractivity contribution in [1.82, 2.24) is 0 Å². The molecule has 0 heterocycles. The lowest BCUT2D eigenvalue weighted by molar-refractivity contribution is -0.123. The second-order valence-electron chi connectivity index (χ2n) is 5.34. The summed E-state index contributed by atoms with van der Waals surface area (Å²) in [5.74, 6) is 0.989. The molecular formula is C15H18BrFO. The molecule has 0 aromatic heterocycles. The van der Waals surface area contributed by atoms with Gasteiger partial charge in [0.2, 0.25) is 0 Å². The fraction of sp³-hybridized carbons (Fsp3) is 0.533. The predicted molar refractivity (Wildman–Crippen MR) is 73.9 cm³/mol. The molecule has 3 heteroatoms. The number of carbonyl (C=O) groups is 1. The zero-order valence-electron chi connectivity index (χ0n) is 10.6. The molecule has 1 saturated carbocycles. The van der Waals surface area contributed by atoms with E-state index in [1.807, 2.05) is 0 Å². The van der Waals surface area contributed by atoms with Crippen molar-refractivity contribution in [3.63, 3.8) is 0 Å². The zero-order chi connectivity index (χ0) is 13.1. The third-order valence-corrected chi connectivity index (χ3v) is 4.59. The summed E-state index contributed by atoms with van der Waals surface area (Å²) in [5, 5.41) is 0. The molecule has 98 valence electrons. The number of halogens is 2. The van der Waals surface area contributed by atoms with Gasteiger partial charge in [0.25, 0.3) is 0 Å². The third kappa shape index (κ3) is 3.41. The summed E-state index contributed by atoms with van der Waals surface area (Å²) in [6.07, 6.45) is 4.75. The Morgan fingerprint density at radius 1 is 1.33 bits per heavy atom. The van der Waals surface area contributed by atoms with Gasteiger partial charge in [-0.3, -0.25) is 4.79 Å². The van der Waals surface area contributed by atoms with E-state index >= 15 is 0 Å². The summed E-state index contributed by atoms with van der Waals surface area (Å²) in [4.78, 5) is 12.2. The van der Waals surface area contributed by atoms with Gasteiger partial charge in [-0.05, 0) is 36.5 Å². The van der Waals surface area contributed by atoms with Crippen molar-refractivity contribution in [3.05, 3.63) is 34.1 Å². The van der Waals surface area contributed by atoms with E-state index in [4.69, 9.17) is 0 Å². The van der Waals surface area contributed by atoms with Crippen molar-refractivity contribution in [3.8, 4) is 0 Å². The molecule has 18 heavy (non-hydrogen) atoms. The number of hydrogen-bond donors (Lipinski definition) is 0. The Morgan fingerprint density at radius 2 is 2.00 bits per heavy atom. The smallest absolute Gasteiger partial charge is 0.140 e. The second kappa shape index (κ2) is 5.96. The van der Waals surface area contributed by atoms with E-state index in [-0.39, 0.29) is 11.7 Å². The van der Waals surface area contributed by atoms with Gasteiger partial charge in [0.05, 0.1) is 0 Å². The Hall–Kier alpha value is -0.700. The molecule has 0 saturated heterocycles. The highest BCUT2D eigenvalue weighted by Crippen LogP contribution is 2.30. The summed E-state index contributed by atoms with van der Waals surface area (Å²) in [6, 6.07) is 4.53. The molecule has 1 aliphatic rings. The van der Waals surface area contributed by atoms with Crippen LogP contribution in [0.3, 0.4) is 0 Å². The molecule has 2 rings (SSSR count). The van der Waals surface area contributed by atoms with Gasteiger partial charge >= 0.3 is 0 Å². The molecular weight excluding hydrogens is 295 g/mol. The number of carbonyl (C=O) groups excluding carboxylic acids is 1. The molecule has 0 atom stereocenters. The highest BCUT2D eigenvalue weighted by Gasteiger charge is 2.24. The fourth-order valence-electron chi connectivity index (χ4n) is 2.58. The molecule has 1 aromatic rings. The highest BCUT2D eigenvalue weighted by molar-refractivity contribution is 9.10. The molecule has 0 amide bonds. The van der Waals surface area contributed by atoms with Crippen LogP contribution in [0.1, 0.15) is 38.2 Å². The minimum Gasteiger partial charge on any atom is -0.299 e. The van der Waals surface area contributed by atoms with Crippen LogP contribution in [0.4, 0.5) is 4.39 Å². The van der Waals surface area contributed by atoms with Gasteiger partial charge < -0.3 is 0 Å². The maximum Gasteiger partial charge on any atom is 0.140 e. The molecule has 1 fully saturated rings. The Morgan fingerprint density at radius 3 is 2.61 bits per heavy atom.